The lowest BCUT2D eigenvalue weighted by Gasteiger charge is -2.14. The molecule has 0 aliphatic heterocycles. The van der Waals surface area contributed by atoms with Gasteiger partial charge in [0, 0.05) is 18.3 Å². The fourth-order valence-corrected chi connectivity index (χ4v) is 1.95. The van der Waals surface area contributed by atoms with Crippen LogP contribution in [0.15, 0.2) is 12.3 Å². The third kappa shape index (κ3) is 4.84. The quantitative estimate of drug-likeness (QED) is 0.444. The Morgan fingerprint density at radius 2 is 2.25 bits per heavy atom. The molecular formula is C14H20N4O2. The molecule has 0 saturated carbocycles. The van der Waals surface area contributed by atoms with Gasteiger partial charge in [-0.05, 0) is 13.3 Å². The van der Waals surface area contributed by atoms with E-state index in [2.05, 4.69) is 17.2 Å². The van der Waals surface area contributed by atoms with Crippen LogP contribution in [0.4, 0.5) is 11.5 Å². The van der Waals surface area contributed by atoms with Gasteiger partial charge < -0.3 is 5.32 Å². The van der Waals surface area contributed by atoms with Crippen LogP contribution in [0.3, 0.4) is 0 Å². The largest absolute Gasteiger partial charge is 0.362 e. The average Bonchev–Trinajstić information content (AvgIpc) is 2.43. The van der Waals surface area contributed by atoms with Gasteiger partial charge in [0.15, 0.2) is 0 Å². The maximum atomic E-state index is 11.0. The van der Waals surface area contributed by atoms with Crippen molar-refractivity contribution in [3.05, 3.63) is 27.9 Å². The van der Waals surface area contributed by atoms with E-state index in [4.69, 9.17) is 5.26 Å². The zero-order valence-electron chi connectivity index (χ0n) is 11.9. The van der Waals surface area contributed by atoms with Crippen LogP contribution >= 0.6 is 0 Å². The molecule has 0 aromatic carbocycles. The van der Waals surface area contributed by atoms with E-state index in [0.717, 1.165) is 12.8 Å². The molecule has 0 radical (unpaired) electrons. The first-order valence-electron chi connectivity index (χ1n) is 6.89. The molecule has 1 atom stereocenters. The fourth-order valence-electron chi connectivity index (χ4n) is 1.95. The minimum absolute atomic E-state index is 0.117. The van der Waals surface area contributed by atoms with E-state index in [1.807, 2.05) is 13.0 Å². The summed E-state index contributed by atoms with van der Waals surface area (Å²) in [6.07, 6.45) is 6.95. The van der Waals surface area contributed by atoms with Crippen molar-refractivity contribution in [3.63, 3.8) is 0 Å². The standard InChI is InChI=1S/C14H20N4O2/c1-3-4-5-6-7-11(2)17-14-13(18(19)20)8-12(9-15)10-16-14/h8,10-11H,3-7H2,1-2H3,(H,16,17). The normalized spacial score (nSPS) is 11.7. The predicted octanol–water partition coefficient (Wildman–Crippen LogP) is 3.63. The van der Waals surface area contributed by atoms with E-state index in [0.29, 0.717) is 0 Å². The van der Waals surface area contributed by atoms with Gasteiger partial charge in [0.1, 0.15) is 6.07 Å². The Balaban J connectivity index is 2.67. The summed E-state index contributed by atoms with van der Waals surface area (Å²) in [4.78, 5) is 14.5. The molecule has 0 aliphatic carbocycles. The zero-order valence-corrected chi connectivity index (χ0v) is 11.9. The van der Waals surface area contributed by atoms with E-state index in [-0.39, 0.29) is 23.1 Å². The van der Waals surface area contributed by atoms with Crippen LogP contribution in [-0.2, 0) is 0 Å². The summed E-state index contributed by atoms with van der Waals surface area (Å²) >= 11 is 0. The number of pyridine rings is 1. The van der Waals surface area contributed by atoms with Crippen molar-refractivity contribution >= 4 is 11.5 Å². The van der Waals surface area contributed by atoms with Crippen LogP contribution in [0.2, 0.25) is 0 Å². The van der Waals surface area contributed by atoms with Crippen LogP contribution in [-0.4, -0.2) is 15.9 Å². The molecule has 1 heterocycles. The van der Waals surface area contributed by atoms with Crippen LogP contribution in [0.1, 0.15) is 51.5 Å². The van der Waals surface area contributed by atoms with Crippen molar-refractivity contribution in [3.8, 4) is 6.07 Å². The lowest BCUT2D eigenvalue weighted by atomic mass is 10.1. The highest BCUT2D eigenvalue weighted by Crippen LogP contribution is 2.23. The molecule has 0 spiro atoms. The summed E-state index contributed by atoms with van der Waals surface area (Å²) in [7, 11) is 0. The van der Waals surface area contributed by atoms with Gasteiger partial charge in [-0.1, -0.05) is 32.6 Å². The van der Waals surface area contributed by atoms with E-state index in [1.54, 1.807) is 0 Å². The minimum atomic E-state index is -0.514. The van der Waals surface area contributed by atoms with Crippen LogP contribution in [0, 0.1) is 21.4 Å². The number of nitriles is 1. The number of nitrogens with one attached hydrogen (secondary N) is 1. The van der Waals surface area contributed by atoms with Crippen LogP contribution in [0.25, 0.3) is 0 Å². The molecule has 0 amide bonds. The van der Waals surface area contributed by atoms with Gasteiger partial charge in [0.05, 0.1) is 10.5 Å². The Hall–Kier alpha value is -2.16. The molecular weight excluding hydrogens is 256 g/mol. The topological polar surface area (TPSA) is 91.8 Å². The lowest BCUT2D eigenvalue weighted by Crippen LogP contribution is -2.17. The van der Waals surface area contributed by atoms with E-state index >= 15 is 0 Å². The molecule has 0 saturated heterocycles. The Labute approximate surface area is 119 Å². The van der Waals surface area contributed by atoms with Crippen molar-refractivity contribution in [2.75, 3.05) is 5.32 Å². The highest BCUT2D eigenvalue weighted by Gasteiger charge is 2.17. The SMILES string of the molecule is CCCCCCC(C)Nc1ncc(C#N)cc1[N+](=O)[O-]. The first-order valence-corrected chi connectivity index (χ1v) is 6.89. The van der Waals surface area contributed by atoms with Gasteiger partial charge in [0.25, 0.3) is 0 Å². The highest BCUT2D eigenvalue weighted by atomic mass is 16.6. The monoisotopic (exact) mass is 276 g/mol. The summed E-state index contributed by atoms with van der Waals surface area (Å²) in [6.45, 7) is 4.14. The van der Waals surface area contributed by atoms with Crippen molar-refractivity contribution in [1.82, 2.24) is 4.98 Å². The molecule has 1 aromatic rings. The fraction of sp³-hybridized carbons (Fsp3) is 0.571. The maximum absolute atomic E-state index is 11.0. The molecule has 1 unspecified atom stereocenters. The summed E-state index contributed by atoms with van der Waals surface area (Å²) in [6, 6.07) is 3.22. The number of nitro groups is 1. The van der Waals surface area contributed by atoms with Crippen LogP contribution in [0.5, 0.6) is 0 Å². The number of nitrogens with zero attached hydrogens (tertiary/aromatic N) is 3. The number of hydrogen-bond acceptors (Lipinski definition) is 5. The average molecular weight is 276 g/mol. The summed E-state index contributed by atoms with van der Waals surface area (Å²) < 4.78 is 0. The lowest BCUT2D eigenvalue weighted by molar-refractivity contribution is -0.384. The van der Waals surface area contributed by atoms with Crippen LogP contribution < -0.4 is 5.32 Å². The molecule has 0 fully saturated rings. The zero-order chi connectivity index (χ0) is 15.0. The second-order valence-electron chi connectivity index (χ2n) is 4.86. The first kappa shape index (κ1) is 15.9. The van der Waals surface area contributed by atoms with Gasteiger partial charge in [-0.2, -0.15) is 5.26 Å². The molecule has 20 heavy (non-hydrogen) atoms. The predicted molar refractivity (Wildman–Crippen MR) is 77.5 cm³/mol. The van der Waals surface area contributed by atoms with E-state index < -0.39 is 4.92 Å². The van der Waals surface area contributed by atoms with Crippen molar-refractivity contribution < 1.29 is 4.92 Å². The van der Waals surface area contributed by atoms with Gasteiger partial charge >= 0.3 is 5.69 Å². The number of anilines is 1. The molecule has 6 nitrogen and oxygen atoms in total. The highest BCUT2D eigenvalue weighted by molar-refractivity contribution is 5.58. The van der Waals surface area contributed by atoms with Gasteiger partial charge in [-0.15, -0.1) is 0 Å². The molecule has 108 valence electrons. The number of hydrogen-bond donors (Lipinski definition) is 1. The number of unbranched alkanes of at least 4 members (excludes halogenated alkanes) is 3. The second kappa shape index (κ2) is 8.10. The summed E-state index contributed by atoms with van der Waals surface area (Å²) in [5.74, 6) is 0.233. The second-order valence-corrected chi connectivity index (χ2v) is 4.86. The molecule has 0 aliphatic rings. The third-order valence-corrected chi connectivity index (χ3v) is 3.07. The molecule has 1 N–H and O–H groups in total. The van der Waals surface area contributed by atoms with Crippen molar-refractivity contribution in [1.29, 1.82) is 5.26 Å². The molecule has 1 aromatic heterocycles. The first-order chi connectivity index (χ1) is 9.58. The number of rotatable bonds is 8. The minimum Gasteiger partial charge on any atom is -0.362 e. The third-order valence-electron chi connectivity index (χ3n) is 3.07. The Morgan fingerprint density at radius 1 is 1.50 bits per heavy atom. The van der Waals surface area contributed by atoms with Gasteiger partial charge in [0.2, 0.25) is 5.82 Å². The molecule has 6 heteroatoms. The van der Waals surface area contributed by atoms with E-state index in [9.17, 15) is 10.1 Å². The van der Waals surface area contributed by atoms with Crippen molar-refractivity contribution in [2.24, 2.45) is 0 Å². The molecule has 0 bridgehead atoms. The number of aromatic nitrogens is 1. The molecule has 1 rings (SSSR count). The Morgan fingerprint density at radius 3 is 2.85 bits per heavy atom. The van der Waals surface area contributed by atoms with E-state index in [1.165, 1.54) is 31.5 Å². The Bertz CT molecular complexity index is 496. The van der Waals surface area contributed by atoms with Gasteiger partial charge in [-0.3, -0.25) is 10.1 Å². The Kier molecular flexibility index (Phi) is 6.44. The summed E-state index contributed by atoms with van der Waals surface area (Å²) in [5, 5.41) is 22.8. The maximum Gasteiger partial charge on any atom is 0.312 e. The smallest absolute Gasteiger partial charge is 0.312 e. The summed E-state index contributed by atoms with van der Waals surface area (Å²) in [5.41, 5.74) is 0.0438. The van der Waals surface area contributed by atoms with Gasteiger partial charge in [-0.25, -0.2) is 4.98 Å². The van der Waals surface area contributed by atoms with Crippen molar-refractivity contribution in [2.45, 2.75) is 52.0 Å².